The summed E-state index contributed by atoms with van der Waals surface area (Å²) < 4.78 is 134. The van der Waals surface area contributed by atoms with Gasteiger partial charge in [0.1, 0.15) is 12.4 Å². The first-order chi connectivity index (χ1) is 18.6. The highest BCUT2D eigenvalue weighted by Gasteiger charge is 2.67. The minimum Gasteiger partial charge on any atom is -0.494 e. The number of unbranched alkanes of at least 4 members (excludes halogenated alkanes) is 3. The molecule has 0 N–H and O–H groups in total. The Hall–Kier alpha value is -2.85. The number of hydrogen-bond acceptors (Lipinski definition) is 7. The van der Waals surface area contributed by atoms with Crippen LogP contribution in [0.3, 0.4) is 0 Å². The fraction of sp³-hybridized carbons (Fsp3) is 0.583. The Morgan fingerprint density at radius 2 is 1.23 bits per heavy atom. The van der Waals surface area contributed by atoms with Crippen LogP contribution in [0, 0.1) is 0 Å². The average Bonchev–Trinajstić information content (AvgIpc) is 2.84. The predicted octanol–water partition coefficient (Wildman–Crippen LogP) is 7.22. The standard InChI is InChI=1S/C24H27F9N2O5/c1-2-3-4-5-12-38-19-14-34-20(35-15-19)17-7-9-18(10-8-17)37-13-6-11-36-16-21(25,26)39-22(27,28)23(29,30)40-24(31,32)33/h7-10,14-15H,2-6,11-13,16H2,1H3. The van der Waals surface area contributed by atoms with Crippen LogP contribution >= 0.6 is 0 Å². The van der Waals surface area contributed by atoms with Crippen molar-refractivity contribution in [3.05, 3.63) is 36.7 Å². The Morgan fingerprint density at radius 3 is 1.82 bits per heavy atom. The average molecular weight is 594 g/mol. The van der Waals surface area contributed by atoms with Crippen molar-refractivity contribution >= 4 is 0 Å². The van der Waals surface area contributed by atoms with Gasteiger partial charge in [0.25, 0.3) is 0 Å². The van der Waals surface area contributed by atoms with Crippen molar-refractivity contribution in [1.82, 2.24) is 9.97 Å². The molecule has 0 radical (unpaired) electrons. The quantitative estimate of drug-likeness (QED) is 0.133. The van der Waals surface area contributed by atoms with Gasteiger partial charge < -0.3 is 14.2 Å². The highest BCUT2D eigenvalue weighted by atomic mass is 19.4. The molecule has 0 aliphatic rings. The molecule has 2 aromatic rings. The SMILES string of the molecule is CCCCCCOc1cnc(-c2ccc(OCCCOCC(F)(F)OC(F)(F)C(F)(F)OC(F)(F)F)cc2)nc1. The van der Waals surface area contributed by atoms with E-state index in [-0.39, 0.29) is 13.0 Å². The first kappa shape index (κ1) is 33.4. The Balaban J connectivity index is 1.71. The molecule has 1 aromatic heterocycles. The molecule has 226 valence electrons. The molecule has 0 aliphatic heterocycles. The Morgan fingerprint density at radius 1 is 0.650 bits per heavy atom. The Labute approximate surface area is 223 Å². The van der Waals surface area contributed by atoms with E-state index in [9.17, 15) is 39.5 Å². The molecule has 1 aromatic carbocycles. The fourth-order valence-corrected chi connectivity index (χ4v) is 2.98. The van der Waals surface area contributed by atoms with E-state index in [2.05, 4.69) is 26.4 Å². The molecule has 0 fully saturated rings. The second kappa shape index (κ2) is 14.7. The zero-order valence-corrected chi connectivity index (χ0v) is 21.2. The van der Waals surface area contributed by atoms with Gasteiger partial charge in [-0.15, -0.1) is 13.2 Å². The summed E-state index contributed by atoms with van der Waals surface area (Å²) in [6, 6.07) is 6.52. The van der Waals surface area contributed by atoms with Gasteiger partial charge in [-0.3, -0.25) is 0 Å². The van der Waals surface area contributed by atoms with Gasteiger partial charge >= 0.3 is 24.7 Å². The van der Waals surface area contributed by atoms with Crippen molar-refractivity contribution in [3.63, 3.8) is 0 Å². The number of rotatable bonds is 18. The summed E-state index contributed by atoms with van der Waals surface area (Å²) in [4.78, 5) is 8.50. The summed E-state index contributed by atoms with van der Waals surface area (Å²) >= 11 is 0. The van der Waals surface area contributed by atoms with Crippen LogP contribution in [0.2, 0.25) is 0 Å². The van der Waals surface area contributed by atoms with E-state index in [0.717, 1.165) is 25.7 Å². The van der Waals surface area contributed by atoms with Gasteiger partial charge in [-0.1, -0.05) is 26.2 Å². The molecule has 0 saturated carbocycles. The van der Waals surface area contributed by atoms with E-state index >= 15 is 0 Å². The van der Waals surface area contributed by atoms with Crippen LogP contribution in [0.4, 0.5) is 39.5 Å². The zero-order valence-electron chi connectivity index (χ0n) is 21.2. The third-order valence-electron chi connectivity index (χ3n) is 4.84. The number of halogens is 9. The van der Waals surface area contributed by atoms with Crippen LogP contribution in [0.1, 0.15) is 39.0 Å². The highest BCUT2D eigenvalue weighted by molar-refractivity contribution is 5.56. The third kappa shape index (κ3) is 11.7. The zero-order chi connectivity index (χ0) is 29.9. The van der Waals surface area contributed by atoms with E-state index in [4.69, 9.17) is 9.47 Å². The molecule has 0 amide bonds. The lowest BCUT2D eigenvalue weighted by molar-refractivity contribution is -0.530. The third-order valence-corrected chi connectivity index (χ3v) is 4.84. The van der Waals surface area contributed by atoms with Gasteiger partial charge in [-0.2, -0.15) is 26.3 Å². The van der Waals surface area contributed by atoms with Gasteiger partial charge in [0.15, 0.2) is 11.6 Å². The van der Waals surface area contributed by atoms with Gasteiger partial charge in [0, 0.05) is 12.0 Å². The highest BCUT2D eigenvalue weighted by Crippen LogP contribution is 2.43. The largest absolute Gasteiger partial charge is 0.527 e. The number of nitrogens with zero attached hydrogens (tertiary/aromatic N) is 2. The van der Waals surface area contributed by atoms with Crippen LogP contribution in [-0.4, -0.2) is 61.1 Å². The van der Waals surface area contributed by atoms with E-state index in [0.29, 0.717) is 29.5 Å². The van der Waals surface area contributed by atoms with E-state index in [1.54, 1.807) is 36.7 Å². The number of aromatic nitrogens is 2. The topological polar surface area (TPSA) is 71.9 Å². The van der Waals surface area contributed by atoms with Crippen molar-refractivity contribution in [1.29, 1.82) is 0 Å². The fourth-order valence-electron chi connectivity index (χ4n) is 2.98. The lowest BCUT2D eigenvalue weighted by atomic mass is 10.2. The second-order valence-corrected chi connectivity index (χ2v) is 8.25. The van der Waals surface area contributed by atoms with Crippen molar-refractivity contribution in [2.24, 2.45) is 0 Å². The number of ether oxygens (including phenoxy) is 5. The lowest BCUT2D eigenvalue weighted by Gasteiger charge is -2.29. The normalized spacial score (nSPS) is 12.9. The predicted molar refractivity (Wildman–Crippen MR) is 121 cm³/mol. The van der Waals surface area contributed by atoms with Crippen LogP contribution in [-0.2, 0) is 14.2 Å². The second-order valence-electron chi connectivity index (χ2n) is 8.25. The van der Waals surface area contributed by atoms with E-state index < -0.39 is 37.9 Å². The molecule has 0 aliphatic carbocycles. The summed E-state index contributed by atoms with van der Waals surface area (Å²) in [5.41, 5.74) is 0.676. The summed E-state index contributed by atoms with van der Waals surface area (Å²) in [6.45, 7) is 0.183. The molecular weight excluding hydrogens is 567 g/mol. The van der Waals surface area contributed by atoms with E-state index in [1.165, 1.54) is 0 Å². The van der Waals surface area contributed by atoms with Crippen molar-refractivity contribution in [2.45, 2.75) is 63.7 Å². The summed E-state index contributed by atoms with van der Waals surface area (Å²) in [5, 5.41) is 0. The Bertz CT molecular complexity index is 1010. The van der Waals surface area contributed by atoms with Gasteiger partial charge in [0.05, 0.1) is 32.2 Å². The van der Waals surface area contributed by atoms with Crippen molar-refractivity contribution in [3.8, 4) is 22.9 Å². The molecule has 1 heterocycles. The molecule has 0 saturated heterocycles. The van der Waals surface area contributed by atoms with E-state index in [1.807, 2.05) is 4.74 Å². The lowest BCUT2D eigenvalue weighted by Crippen LogP contribution is -2.51. The van der Waals surface area contributed by atoms with Crippen LogP contribution in [0.15, 0.2) is 36.7 Å². The number of alkyl halides is 9. The number of benzene rings is 1. The van der Waals surface area contributed by atoms with Crippen molar-refractivity contribution in [2.75, 3.05) is 26.4 Å². The smallest absolute Gasteiger partial charge is 0.494 e. The van der Waals surface area contributed by atoms with Crippen LogP contribution in [0.5, 0.6) is 11.5 Å². The summed E-state index contributed by atoms with van der Waals surface area (Å²) in [7, 11) is 0. The summed E-state index contributed by atoms with van der Waals surface area (Å²) in [6.07, 6.45) is -16.6. The van der Waals surface area contributed by atoms with Crippen LogP contribution in [0.25, 0.3) is 11.4 Å². The van der Waals surface area contributed by atoms with Gasteiger partial charge in [-0.05, 0) is 30.7 Å². The molecule has 7 nitrogen and oxygen atoms in total. The van der Waals surface area contributed by atoms with Crippen molar-refractivity contribution < 1.29 is 63.2 Å². The van der Waals surface area contributed by atoms with Gasteiger partial charge in [0.2, 0.25) is 0 Å². The molecule has 0 bridgehead atoms. The minimum atomic E-state index is -6.41. The van der Waals surface area contributed by atoms with Gasteiger partial charge in [-0.25, -0.2) is 19.4 Å². The maximum Gasteiger partial charge on any atom is 0.527 e. The van der Waals surface area contributed by atoms with Crippen LogP contribution < -0.4 is 9.47 Å². The maximum atomic E-state index is 13.4. The molecule has 40 heavy (non-hydrogen) atoms. The molecule has 0 atom stereocenters. The molecular formula is C24H27F9N2O5. The molecule has 2 rings (SSSR count). The monoisotopic (exact) mass is 594 g/mol. The number of hydrogen-bond donors (Lipinski definition) is 0. The first-order valence-corrected chi connectivity index (χ1v) is 12.0. The summed E-state index contributed by atoms with van der Waals surface area (Å²) in [5.74, 6) is 1.37. The molecule has 0 unspecified atom stereocenters. The molecule has 0 spiro atoms. The minimum absolute atomic E-state index is 0.0371. The first-order valence-electron chi connectivity index (χ1n) is 12.0. The maximum absolute atomic E-state index is 13.4. The molecule has 16 heteroatoms. The Kier molecular flexibility index (Phi) is 12.2.